The molecule has 0 heterocycles. The summed E-state index contributed by atoms with van der Waals surface area (Å²) in [6.07, 6.45) is 7.03. The predicted molar refractivity (Wildman–Crippen MR) is 152 cm³/mol. The van der Waals surface area contributed by atoms with Crippen LogP contribution < -0.4 is 9.47 Å². The minimum absolute atomic E-state index is 0.849. The Hall–Kier alpha value is -3.78. The molecule has 0 aliphatic carbocycles. The van der Waals surface area contributed by atoms with Crippen LogP contribution >= 0.6 is 0 Å². The molecule has 0 bridgehead atoms. The fourth-order valence-electron chi connectivity index (χ4n) is 4.71. The lowest BCUT2D eigenvalue weighted by Crippen LogP contribution is -1.94. The van der Waals surface area contributed by atoms with Gasteiger partial charge in [-0.05, 0) is 61.1 Å². The number of aryl methyl sites for hydroxylation is 2. The van der Waals surface area contributed by atoms with Gasteiger partial charge in [0.2, 0.25) is 0 Å². The van der Waals surface area contributed by atoms with Gasteiger partial charge in [-0.15, -0.1) is 0 Å². The standard InChI is InChI=1S/C34H34O2/c1-3-5-11-25-17-21-27(22-18-25)35-33-29-13-7-9-15-31(29)34(32-16-10-8-14-30(32)33)36-28-23-19-26(20-24-28)12-6-4-2/h7-10,13-24H,3-6,11-12H2,1-2H3. The van der Waals surface area contributed by atoms with Gasteiger partial charge in [0.25, 0.3) is 0 Å². The Labute approximate surface area is 214 Å². The van der Waals surface area contributed by atoms with Gasteiger partial charge in [0.15, 0.2) is 0 Å². The first-order chi connectivity index (χ1) is 17.8. The van der Waals surface area contributed by atoms with Gasteiger partial charge in [0, 0.05) is 21.5 Å². The second-order valence-corrected chi connectivity index (χ2v) is 9.45. The van der Waals surface area contributed by atoms with Crippen molar-refractivity contribution in [2.75, 3.05) is 0 Å². The van der Waals surface area contributed by atoms with E-state index in [4.69, 9.17) is 9.47 Å². The molecule has 0 fully saturated rings. The van der Waals surface area contributed by atoms with Crippen molar-refractivity contribution < 1.29 is 9.47 Å². The molecule has 0 aliphatic rings. The van der Waals surface area contributed by atoms with Gasteiger partial charge < -0.3 is 9.47 Å². The second-order valence-electron chi connectivity index (χ2n) is 9.45. The van der Waals surface area contributed by atoms with Crippen LogP contribution in [0.25, 0.3) is 21.5 Å². The first-order valence-electron chi connectivity index (χ1n) is 13.2. The van der Waals surface area contributed by atoms with E-state index in [0.717, 1.165) is 57.4 Å². The largest absolute Gasteiger partial charge is 0.456 e. The summed E-state index contributed by atoms with van der Waals surface area (Å²) in [5.74, 6) is 3.43. The van der Waals surface area contributed by atoms with Gasteiger partial charge in [0.1, 0.15) is 23.0 Å². The Bertz CT molecular complexity index is 1260. The predicted octanol–water partition coefficient (Wildman–Crippen LogP) is 10.3. The molecule has 2 nitrogen and oxygen atoms in total. The lowest BCUT2D eigenvalue weighted by atomic mass is 10.0. The highest BCUT2D eigenvalue weighted by Crippen LogP contribution is 2.45. The Morgan fingerprint density at radius 3 is 1.08 bits per heavy atom. The monoisotopic (exact) mass is 474 g/mol. The van der Waals surface area contributed by atoms with Crippen molar-refractivity contribution in [2.45, 2.75) is 52.4 Å². The van der Waals surface area contributed by atoms with Crippen molar-refractivity contribution in [1.82, 2.24) is 0 Å². The minimum Gasteiger partial charge on any atom is -0.456 e. The first kappa shape index (κ1) is 23.9. The Morgan fingerprint density at radius 2 is 0.778 bits per heavy atom. The van der Waals surface area contributed by atoms with E-state index in [1.165, 1.54) is 36.8 Å². The molecule has 5 rings (SSSR count). The van der Waals surface area contributed by atoms with Crippen molar-refractivity contribution in [3.8, 4) is 23.0 Å². The van der Waals surface area contributed by atoms with E-state index < -0.39 is 0 Å². The number of rotatable bonds is 10. The zero-order chi connectivity index (χ0) is 24.7. The van der Waals surface area contributed by atoms with Gasteiger partial charge in [-0.1, -0.05) is 99.5 Å². The first-order valence-corrected chi connectivity index (χ1v) is 13.2. The molecule has 0 radical (unpaired) electrons. The Balaban J connectivity index is 1.54. The topological polar surface area (TPSA) is 18.5 Å². The van der Waals surface area contributed by atoms with E-state index in [2.05, 4.69) is 111 Å². The molecule has 0 aliphatic heterocycles. The van der Waals surface area contributed by atoms with Crippen LogP contribution in [0.3, 0.4) is 0 Å². The number of fused-ring (bicyclic) bond motifs is 2. The molecular formula is C34H34O2. The van der Waals surface area contributed by atoms with Crippen LogP contribution in [0, 0.1) is 0 Å². The summed E-state index contributed by atoms with van der Waals surface area (Å²) in [4.78, 5) is 0. The van der Waals surface area contributed by atoms with Crippen LogP contribution in [0.2, 0.25) is 0 Å². The molecule has 5 aromatic rings. The molecular weight excluding hydrogens is 440 g/mol. The number of ether oxygens (including phenoxy) is 2. The maximum Gasteiger partial charge on any atom is 0.143 e. The van der Waals surface area contributed by atoms with E-state index in [1.54, 1.807) is 0 Å². The molecule has 0 saturated carbocycles. The van der Waals surface area contributed by atoms with Crippen molar-refractivity contribution in [3.63, 3.8) is 0 Å². The van der Waals surface area contributed by atoms with Gasteiger partial charge in [0.05, 0.1) is 0 Å². The average molecular weight is 475 g/mol. The van der Waals surface area contributed by atoms with E-state index in [9.17, 15) is 0 Å². The smallest absolute Gasteiger partial charge is 0.143 e. The molecule has 0 atom stereocenters. The summed E-state index contributed by atoms with van der Waals surface area (Å²) in [7, 11) is 0. The summed E-state index contributed by atoms with van der Waals surface area (Å²) in [5, 5.41) is 4.17. The number of unbranched alkanes of at least 4 members (excludes halogenated alkanes) is 2. The Morgan fingerprint density at radius 1 is 0.444 bits per heavy atom. The van der Waals surface area contributed by atoms with Gasteiger partial charge in [-0.2, -0.15) is 0 Å². The normalized spacial score (nSPS) is 11.2. The third kappa shape index (κ3) is 5.23. The number of hydrogen-bond acceptors (Lipinski definition) is 2. The van der Waals surface area contributed by atoms with Crippen LogP contribution in [0.4, 0.5) is 0 Å². The fraction of sp³-hybridized carbons (Fsp3) is 0.235. The molecule has 0 saturated heterocycles. The molecule has 5 aromatic carbocycles. The van der Waals surface area contributed by atoms with E-state index in [1.807, 2.05) is 0 Å². The summed E-state index contributed by atoms with van der Waals surface area (Å²) in [5.41, 5.74) is 2.70. The molecule has 0 aromatic heterocycles. The Kier molecular flexibility index (Phi) is 7.52. The van der Waals surface area contributed by atoms with Crippen LogP contribution in [0.1, 0.15) is 50.7 Å². The minimum atomic E-state index is 0.849. The van der Waals surface area contributed by atoms with Crippen molar-refractivity contribution in [3.05, 3.63) is 108 Å². The van der Waals surface area contributed by atoms with Gasteiger partial charge >= 0.3 is 0 Å². The number of benzene rings is 5. The summed E-state index contributed by atoms with van der Waals surface area (Å²) >= 11 is 0. The summed E-state index contributed by atoms with van der Waals surface area (Å²) in [6, 6.07) is 33.8. The van der Waals surface area contributed by atoms with Crippen molar-refractivity contribution >= 4 is 21.5 Å². The summed E-state index contributed by atoms with van der Waals surface area (Å²) < 4.78 is 13.1. The SMILES string of the molecule is CCCCc1ccc(Oc2c3ccccc3c(Oc3ccc(CCCC)cc3)c3ccccc23)cc1. The zero-order valence-electron chi connectivity index (χ0n) is 21.3. The average Bonchev–Trinajstić information content (AvgIpc) is 2.94. The molecule has 0 amide bonds. The highest BCUT2D eigenvalue weighted by atomic mass is 16.5. The zero-order valence-corrected chi connectivity index (χ0v) is 21.3. The lowest BCUT2D eigenvalue weighted by Gasteiger charge is -2.18. The number of hydrogen-bond donors (Lipinski definition) is 0. The highest BCUT2D eigenvalue weighted by Gasteiger charge is 2.17. The molecule has 36 heavy (non-hydrogen) atoms. The van der Waals surface area contributed by atoms with Gasteiger partial charge in [-0.25, -0.2) is 0 Å². The van der Waals surface area contributed by atoms with Crippen LogP contribution in [0.5, 0.6) is 23.0 Å². The molecule has 0 unspecified atom stereocenters. The third-order valence-electron chi connectivity index (χ3n) is 6.76. The molecule has 0 N–H and O–H groups in total. The van der Waals surface area contributed by atoms with Crippen LogP contribution in [-0.2, 0) is 12.8 Å². The van der Waals surface area contributed by atoms with Gasteiger partial charge in [-0.3, -0.25) is 0 Å². The van der Waals surface area contributed by atoms with Crippen molar-refractivity contribution in [1.29, 1.82) is 0 Å². The highest BCUT2D eigenvalue weighted by molar-refractivity contribution is 6.11. The maximum atomic E-state index is 6.57. The van der Waals surface area contributed by atoms with E-state index >= 15 is 0 Å². The quantitative estimate of drug-likeness (QED) is 0.187. The summed E-state index contributed by atoms with van der Waals surface area (Å²) in [6.45, 7) is 4.45. The van der Waals surface area contributed by atoms with Crippen molar-refractivity contribution in [2.24, 2.45) is 0 Å². The third-order valence-corrected chi connectivity index (χ3v) is 6.76. The molecule has 2 heteroatoms. The molecule has 182 valence electrons. The molecule has 0 spiro atoms. The van der Waals surface area contributed by atoms with Crippen LogP contribution in [0.15, 0.2) is 97.1 Å². The van der Waals surface area contributed by atoms with Crippen LogP contribution in [-0.4, -0.2) is 0 Å². The van der Waals surface area contributed by atoms with E-state index in [-0.39, 0.29) is 0 Å². The fourth-order valence-corrected chi connectivity index (χ4v) is 4.71. The maximum absolute atomic E-state index is 6.57. The van der Waals surface area contributed by atoms with E-state index in [0.29, 0.717) is 0 Å². The lowest BCUT2D eigenvalue weighted by molar-refractivity contribution is 0.485. The second kappa shape index (κ2) is 11.3.